The molecule has 0 spiro atoms. The first-order valence-corrected chi connectivity index (χ1v) is 4.36. The van der Waals surface area contributed by atoms with Gasteiger partial charge in [-0.15, -0.1) is 0 Å². The fraction of sp³-hybridized carbons (Fsp3) is 0.300. The quantitative estimate of drug-likeness (QED) is 0.614. The van der Waals surface area contributed by atoms with E-state index >= 15 is 0 Å². The van der Waals surface area contributed by atoms with Crippen molar-refractivity contribution in [3.05, 3.63) is 36.3 Å². The zero-order chi connectivity index (χ0) is 8.89. The summed E-state index contributed by atoms with van der Waals surface area (Å²) in [4.78, 5) is 4.31. The molecule has 0 amide bonds. The molecule has 1 unspecified atom stereocenters. The predicted octanol–water partition coefficient (Wildman–Crippen LogP) is 1.58. The molecule has 0 radical (unpaired) electrons. The van der Waals surface area contributed by atoms with Gasteiger partial charge in [-0.2, -0.15) is 0 Å². The largest absolute Gasteiger partial charge is 0.363 e. The normalized spacial score (nSPS) is 26.5. The molecule has 2 aromatic rings. The molecule has 0 bridgehead atoms. The van der Waals surface area contributed by atoms with Crippen molar-refractivity contribution < 1.29 is 4.74 Å². The molecule has 3 nitrogen and oxygen atoms in total. The standard InChI is InChI=1S/C10H10N2O/c1-10(7-13-10)8-6-11-9-4-2-3-5-12(8)9/h2-6H,7H2,1H3. The Morgan fingerprint density at radius 3 is 3.15 bits per heavy atom. The van der Waals surface area contributed by atoms with Crippen molar-refractivity contribution in [1.82, 2.24) is 9.38 Å². The third kappa shape index (κ3) is 0.906. The van der Waals surface area contributed by atoms with Crippen LogP contribution >= 0.6 is 0 Å². The first kappa shape index (κ1) is 7.09. The van der Waals surface area contributed by atoms with E-state index in [1.807, 2.05) is 30.6 Å². The number of nitrogens with zero attached hydrogens (tertiary/aromatic N) is 2. The summed E-state index contributed by atoms with van der Waals surface area (Å²) in [5.41, 5.74) is 2.03. The van der Waals surface area contributed by atoms with Gasteiger partial charge < -0.3 is 9.14 Å². The predicted molar refractivity (Wildman–Crippen MR) is 48.5 cm³/mol. The van der Waals surface area contributed by atoms with E-state index in [9.17, 15) is 0 Å². The minimum absolute atomic E-state index is 0.0965. The second-order valence-electron chi connectivity index (χ2n) is 3.59. The molecule has 66 valence electrons. The first-order chi connectivity index (χ1) is 6.30. The molecule has 1 aliphatic rings. The van der Waals surface area contributed by atoms with Crippen LogP contribution in [0.2, 0.25) is 0 Å². The van der Waals surface area contributed by atoms with Crippen LogP contribution in [0.1, 0.15) is 12.6 Å². The smallest absolute Gasteiger partial charge is 0.136 e. The lowest BCUT2D eigenvalue weighted by Crippen LogP contribution is -2.05. The summed E-state index contributed by atoms with van der Waals surface area (Å²) in [5.74, 6) is 0. The molecule has 3 heterocycles. The molecule has 0 aromatic carbocycles. The molecule has 3 rings (SSSR count). The second kappa shape index (κ2) is 2.12. The highest BCUT2D eigenvalue weighted by atomic mass is 16.6. The minimum Gasteiger partial charge on any atom is -0.363 e. The number of imidazole rings is 1. The SMILES string of the molecule is CC1(c2cnc3ccccn23)CO1. The van der Waals surface area contributed by atoms with Gasteiger partial charge in [0.1, 0.15) is 11.2 Å². The lowest BCUT2D eigenvalue weighted by Gasteiger charge is -2.03. The molecule has 0 saturated carbocycles. The highest BCUT2D eigenvalue weighted by molar-refractivity contribution is 5.41. The van der Waals surface area contributed by atoms with Crippen LogP contribution in [0.25, 0.3) is 5.65 Å². The fourth-order valence-electron chi connectivity index (χ4n) is 1.58. The van der Waals surface area contributed by atoms with Crippen LogP contribution in [0, 0.1) is 0 Å². The molecule has 13 heavy (non-hydrogen) atoms. The number of hydrogen-bond acceptors (Lipinski definition) is 2. The topological polar surface area (TPSA) is 29.8 Å². The molecule has 1 fully saturated rings. The Hall–Kier alpha value is -1.35. The van der Waals surface area contributed by atoms with E-state index in [1.54, 1.807) is 0 Å². The van der Waals surface area contributed by atoms with Gasteiger partial charge in [0.05, 0.1) is 18.5 Å². The number of fused-ring (bicyclic) bond motifs is 1. The molecule has 2 aromatic heterocycles. The summed E-state index contributed by atoms with van der Waals surface area (Å²) in [6.07, 6.45) is 3.91. The van der Waals surface area contributed by atoms with Crippen molar-refractivity contribution in [2.24, 2.45) is 0 Å². The summed E-state index contributed by atoms with van der Waals surface area (Å²) >= 11 is 0. The maximum Gasteiger partial charge on any atom is 0.136 e. The number of aromatic nitrogens is 2. The Bertz CT molecular complexity index is 457. The molecular weight excluding hydrogens is 164 g/mol. The molecule has 0 aliphatic carbocycles. The van der Waals surface area contributed by atoms with Crippen LogP contribution in [0.4, 0.5) is 0 Å². The van der Waals surface area contributed by atoms with Crippen molar-refractivity contribution in [3.63, 3.8) is 0 Å². The highest BCUT2D eigenvalue weighted by Gasteiger charge is 2.43. The van der Waals surface area contributed by atoms with E-state index in [1.165, 1.54) is 0 Å². The van der Waals surface area contributed by atoms with Crippen molar-refractivity contribution in [3.8, 4) is 0 Å². The van der Waals surface area contributed by atoms with E-state index in [2.05, 4.69) is 16.3 Å². The van der Waals surface area contributed by atoms with Crippen LogP contribution < -0.4 is 0 Å². The van der Waals surface area contributed by atoms with E-state index < -0.39 is 0 Å². The van der Waals surface area contributed by atoms with Crippen molar-refractivity contribution in [2.45, 2.75) is 12.5 Å². The molecule has 1 saturated heterocycles. The van der Waals surface area contributed by atoms with Crippen LogP contribution in [-0.2, 0) is 10.3 Å². The van der Waals surface area contributed by atoms with Crippen molar-refractivity contribution >= 4 is 5.65 Å². The third-order valence-corrected chi connectivity index (χ3v) is 2.54. The van der Waals surface area contributed by atoms with Gasteiger partial charge >= 0.3 is 0 Å². The maximum absolute atomic E-state index is 5.39. The first-order valence-electron chi connectivity index (χ1n) is 4.36. The third-order valence-electron chi connectivity index (χ3n) is 2.54. The summed E-state index contributed by atoms with van der Waals surface area (Å²) in [6.45, 7) is 2.89. The number of rotatable bonds is 1. The lowest BCUT2D eigenvalue weighted by atomic mass is 10.1. The van der Waals surface area contributed by atoms with Gasteiger partial charge in [-0.25, -0.2) is 4.98 Å². The Morgan fingerprint density at radius 1 is 1.54 bits per heavy atom. The van der Waals surface area contributed by atoms with E-state index in [-0.39, 0.29) is 5.60 Å². The Morgan fingerprint density at radius 2 is 2.38 bits per heavy atom. The van der Waals surface area contributed by atoms with E-state index in [0.717, 1.165) is 17.9 Å². The second-order valence-corrected chi connectivity index (χ2v) is 3.59. The summed E-state index contributed by atoms with van der Waals surface area (Å²) in [6, 6.07) is 5.99. The van der Waals surface area contributed by atoms with Gasteiger partial charge in [0.25, 0.3) is 0 Å². The van der Waals surface area contributed by atoms with Gasteiger partial charge in [0, 0.05) is 6.20 Å². The average molecular weight is 174 g/mol. The van der Waals surface area contributed by atoms with E-state index in [4.69, 9.17) is 4.74 Å². The zero-order valence-corrected chi connectivity index (χ0v) is 7.40. The van der Waals surface area contributed by atoms with Gasteiger partial charge in [-0.3, -0.25) is 0 Å². The van der Waals surface area contributed by atoms with Crippen LogP contribution in [-0.4, -0.2) is 16.0 Å². The van der Waals surface area contributed by atoms with Gasteiger partial charge in [-0.1, -0.05) is 6.07 Å². The van der Waals surface area contributed by atoms with Gasteiger partial charge in [0.15, 0.2) is 0 Å². The summed E-state index contributed by atoms with van der Waals surface area (Å²) in [7, 11) is 0. The van der Waals surface area contributed by atoms with E-state index in [0.29, 0.717) is 0 Å². The molecule has 0 N–H and O–H groups in total. The van der Waals surface area contributed by atoms with Crippen LogP contribution in [0.5, 0.6) is 0 Å². The van der Waals surface area contributed by atoms with Gasteiger partial charge in [-0.05, 0) is 19.1 Å². The monoisotopic (exact) mass is 174 g/mol. The Labute approximate surface area is 76.0 Å². The average Bonchev–Trinajstić information content (AvgIpc) is 2.76. The van der Waals surface area contributed by atoms with Crippen molar-refractivity contribution in [2.75, 3.05) is 6.61 Å². The van der Waals surface area contributed by atoms with Crippen LogP contribution in [0.15, 0.2) is 30.6 Å². The Kier molecular flexibility index (Phi) is 1.15. The number of pyridine rings is 1. The fourth-order valence-corrected chi connectivity index (χ4v) is 1.58. The number of epoxide rings is 1. The molecule has 1 aliphatic heterocycles. The maximum atomic E-state index is 5.39. The number of ether oxygens (including phenoxy) is 1. The lowest BCUT2D eigenvalue weighted by molar-refractivity contribution is 0.322. The van der Waals surface area contributed by atoms with Crippen molar-refractivity contribution in [1.29, 1.82) is 0 Å². The molecule has 3 heteroatoms. The van der Waals surface area contributed by atoms with Crippen LogP contribution in [0.3, 0.4) is 0 Å². The summed E-state index contributed by atoms with van der Waals surface area (Å²) in [5, 5.41) is 0. The van der Waals surface area contributed by atoms with Gasteiger partial charge in [0.2, 0.25) is 0 Å². The summed E-state index contributed by atoms with van der Waals surface area (Å²) < 4.78 is 7.46. The molecule has 1 atom stereocenters. The zero-order valence-electron chi connectivity index (χ0n) is 7.40. The Balaban J connectivity index is 2.30. The highest BCUT2D eigenvalue weighted by Crippen LogP contribution is 2.37. The number of hydrogen-bond donors (Lipinski definition) is 0. The minimum atomic E-state index is -0.0965. The molecular formula is C10H10N2O.